The number of amides is 1. The Kier molecular flexibility index (Phi) is 5.49. The van der Waals surface area contributed by atoms with Crippen LogP contribution < -0.4 is 5.32 Å². The molecule has 7 heteroatoms. The van der Waals surface area contributed by atoms with Gasteiger partial charge >= 0.3 is 0 Å². The minimum Gasteiger partial charge on any atom is -0.308 e. The monoisotopic (exact) mass is 355 g/mol. The van der Waals surface area contributed by atoms with Crippen molar-refractivity contribution in [3.63, 3.8) is 0 Å². The maximum absolute atomic E-state index is 11.5. The van der Waals surface area contributed by atoms with Gasteiger partial charge in [-0.2, -0.15) is 0 Å². The molecule has 0 aliphatic rings. The second-order valence-electron chi connectivity index (χ2n) is 2.68. The summed E-state index contributed by atoms with van der Waals surface area (Å²) in [7, 11) is 0. The number of carbonyl (C=O) groups is 1. The normalized spacial score (nSPS) is 12.2. The van der Waals surface area contributed by atoms with Crippen molar-refractivity contribution in [1.82, 2.24) is 10.2 Å². The average Bonchev–Trinajstić information content (AvgIpc) is 2.22. The summed E-state index contributed by atoms with van der Waals surface area (Å²) in [6, 6.07) is 3.17. The number of nitrogens with one attached hydrogen (secondary N) is 1. The fourth-order valence-electron chi connectivity index (χ4n) is 0.814. The summed E-state index contributed by atoms with van der Waals surface area (Å²) in [4.78, 5) is 11.3. The van der Waals surface area contributed by atoms with E-state index >= 15 is 0 Å². The average molecular weight is 357 g/mol. The molecule has 15 heavy (non-hydrogen) atoms. The first-order valence-corrected chi connectivity index (χ1v) is 6.55. The van der Waals surface area contributed by atoms with Crippen LogP contribution in [0.2, 0.25) is 5.15 Å². The van der Waals surface area contributed by atoms with E-state index in [2.05, 4.69) is 47.4 Å². The van der Waals surface area contributed by atoms with Gasteiger partial charge in [0.25, 0.3) is 0 Å². The van der Waals surface area contributed by atoms with Crippen molar-refractivity contribution in [2.24, 2.45) is 0 Å². The lowest BCUT2D eigenvalue weighted by Crippen LogP contribution is -2.23. The third kappa shape index (κ3) is 4.44. The minimum absolute atomic E-state index is 0.147. The first-order chi connectivity index (χ1) is 7.13. The summed E-state index contributed by atoms with van der Waals surface area (Å²) in [6.07, 6.45) is 0.701. The summed E-state index contributed by atoms with van der Waals surface area (Å²) in [5.74, 6) is 0.245. The number of alkyl halides is 2. The summed E-state index contributed by atoms with van der Waals surface area (Å²) in [5.41, 5.74) is 0. The molecule has 1 rings (SSSR count). The van der Waals surface area contributed by atoms with Crippen LogP contribution in [0.4, 0.5) is 5.82 Å². The van der Waals surface area contributed by atoms with E-state index in [1.807, 2.05) is 0 Å². The largest absolute Gasteiger partial charge is 0.308 e. The fraction of sp³-hybridized carbons (Fsp3) is 0.375. The molecule has 0 spiro atoms. The Balaban J connectivity index is 2.54. The van der Waals surface area contributed by atoms with Crippen LogP contribution >= 0.6 is 43.5 Å². The van der Waals surface area contributed by atoms with Crippen molar-refractivity contribution >= 4 is 55.2 Å². The quantitative estimate of drug-likeness (QED) is 0.843. The highest BCUT2D eigenvalue weighted by atomic mass is 79.9. The lowest BCUT2D eigenvalue weighted by molar-refractivity contribution is -0.115. The van der Waals surface area contributed by atoms with E-state index in [1.165, 1.54) is 0 Å². The van der Waals surface area contributed by atoms with Crippen LogP contribution in [0.25, 0.3) is 0 Å². The molecule has 0 unspecified atom stereocenters. The molecule has 1 amide bonds. The van der Waals surface area contributed by atoms with Gasteiger partial charge < -0.3 is 5.32 Å². The van der Waals surface area contributed by atoms with Gasteiger partial charge in [0.2, 0.25) is 5.91 Å². The Morgan fingerprint density at radius 1 is 1.53 bits per heavy atom. The summed E-state index contributed by atoms with van der Waals surface area (Å²) in [6.45, 7) is 0. The molecule has 0 fully saturated rings. The van der Waals surface area contributed by atoms with E-state index in [0.29, 0.717) is 17.4 Å². The van der Waals surface area contributed by atoms with Crippen LogP contribution in [0.15, 0.2) is 12.1 Å². The van der Waals surface area contributed by atoms with Gasteiger partial charge in [-0.25, -0.2) is 0 Å². The highest BCUT2D eigenvalue weighted by Gasteiger charge is 2.14. The summed E-state index contributed by atoms with van der Waals surface area (Å²) < 4.78 is 0. The molecular formula is C8H8Br2ClN3O. The number of nitrogens with zero attached hydrogens (tertiary/aromatic N) is 2. The van der Waals surface area contributed by atoms with Crippen LogP contribution in [-0.4, -0.2) is 26.3 Å². The molecule has 0 saturated heterocycles. The van der Waals surface area contributed by atoms with Gasteiger partial charge in [0.1, 0.15) is 0 Å². The van der Waals surface area contributed by atoms with Gasteiger partial charge in [0.15, 0.2) is 11.0 Å². The smallest absolute Gasteiger partial charge is 0.239 e. The number of hydrogen-bond acceptors (Lipinski definition) is 3. The first kappa shape index (κ1) is 12.9. The number of halogens is 3. The number of rotatable bonds is 4. The van der Waals surface area contributed by atoms with Gasteiger partial charge in [-0.05, 0) is 18.6 Å². The third-order valence-corrected chi connectivity index (χ3v) is 3.06. The highest BCUT2D eigenvalue weighted by Crippen LogP contribution is 2.11. The van der Waals surface area contributed by atoms with Crippen molar-refractivity contribution in [2.75, 3.05) is 10.6 Å². The van der Waals surface area contributed by atoms with Crippen molar-refractivity contribution in [3.8, 4) is 0 Å². The molecule has 1 aromatic rings. The molecule has 1 N–H and O–H groups in total. The molecule has 1 heterocycles. The van der Waals surface area contributed by atoms with Crippen LogP contribution in [0.5, 0.6) is 0 Å². The Morgan fingerprint density at radius 2 is 2.27 bits per heavy atom. The van der Waals surface area contributed by atoms with Gasteiger partial charge in [-0.1, -0.05) is 43.5 Å². The molecule has 0 aliphatic carbocycles. The Bertz CT molecular complexity index is 333. The minimum atomic E-state index is -0.241. The lowest BCUT2D eigenvalue weighted by Gasteiger charge is -2.07. The number of anilines is 1. The van der Waals surface area contributed by atoms with Gasteiger partial charge in [0.05, 0.1) is 4.83 Å². The van der Waals surface area contributed by atoms with Gasteiger partial charge in [-0.15, -0.1) is 10.2 Å². The molecule has 0 saturated carbocycles. The molecule has 0 bridgehead atoms. The molecule has 4 nitrogen and oxygen atoms in total. The van der Waals surface area contributed by atoms with Gasteiger partial charge in [-0.3, -0.25) is 4.79 Å². The zero-order valence-electron chi connectivity index (χ0n) is 7.58. The Morgan fingerprint density at radius 3 is 2.80 bits per heavy atom. The summed E-state index contributed by atoms with van der Waals surface area (Å²) in [5, 5.41) is 11.0. The Hall–Kier alpha value is -0.200. The number of aromatic nitrogens is 2. The SMILES string of the molecule is O=C(Nc1ccc(Cl)nn1)[C@@H](Br)CCBr. The topological polar surface area (TPSA) is 54.9 Å². The third-order valence-electron chi connectivity index (χ3n) is 1.53. The predicted octanol–water partition coefficient (Wildman–Crippen LogP) is 2.62. The van der Waals surface area contributed by atoms with Crippen LogP contribution in [0.3, 0.4) is 0 Å². The van der Waals surface area contributed by atoms with E-state index in [4.69, 9.17) is 11.6 Å². The van der Waals surface area contributed by atoms with Crippen LogP contribution in [0.1, 0.15) is 6.42 Å². The van der Waals surface area contributed by atoms with E-state index < -0.39 is 0 Å². The second kappa shape index (κ2) is 6.40. The van der Waals surface area contributed by atoms with E-state index in [1.54, 1.807) is 12.1 Å². The fourth-order valence-corrected chi connectivity index (χ4v) is 2.33. The number of carbonyl (C=O) groups excluding carboxylic acids is 1. The van der Waals surface area contributed by atoms with E-state index in [9.17, 15) is 4.79 Å². The molecule has 0 aromatic carbocycles. The predicted molar refractivity (Wildman–Crippen MR) is 66.8 cm³/mol. The first-order valence-electron chi connectivity index (χ1n) is 4.13. The number of hydrogen-bond donors (Lipinski definition) is 1. The molecule has 1 aromatic heterocycles. The second-order valence-corrected chi connectivity index (χ2v) is 4.96. The van der Waals surface area contributed by atoms with E-state index in [0.717, 1.165) is 5.33 Å². The van der Waals surface area contributed by atoms with Gasteiger partial charge in [0, 0.05) is 5.33 Å². The Labute approximate surface area is 109 Å². The molecular weight excluding hydrogens is 349 g/mol. The van der Waals surface area contributed by atoms with Crippen LogP contribution in [-0.2, 0) is 4.79 Å². The van der Waals surface area contributed by atoms with Crippen molar-refractivity contribution in [2.45, 2.75) is 11.2 Å². The summed E-state index contributed by atoms with van der Waals surface area (Å²) >= 11 is 12.1. The van der Waals surface area contributed by atoms with Crippen molar-refractivity contribution in [3.05, 3.63) is 17.3 Å². The molecule has 0 radical (unpaired) electrons. The zero-order valence-corrected chi connectivity index (χ0v) is 11.5. The van der Waals surface area contributed by atoms with Crippen molar-refractivity contribution < 1.29 is 4.79 Å². The maximum atomic E-state index is 11.5. The van der Waals surface area contributed by atoms with Crippen molar-refractivity contribution in [1.29, 1.82) is 0 Å². The lowest BCUT2D eigenvalue weighted by atomic mass is 10.3. The standard InChI is InChI=1S/C8H8Br2ClN3O/c9-4-3-5(10)8(15)12-7-2-1-6(11)13-14-7/h1-2,5H,3-4H2,(H,12,14,15)/t5-/m0/s1. The maximum Gasteiger partial charge on any atom is 0.239 e. The molecule has 1 atom stereocenters. The van der Waals surface area contributed by atoms with Crippen LogP contribution in [0, 0.1) is 0 Å². The van der Waals surface area contributed by atoms with E-state index in [-0.39, 0.29) is 10.7 Å². The molecule has 0 aliphatic heterocycles. The molecule has 82 valence electrons. The zero-order chi connectivity index (χ0) is 11.3. The highest BCUT2D eigenvalue weighted by molar-refractivity contribution is 9.10.